The van der Waals surface area contributed by atoms with Crippen LogP contribution in [0.1, 0.15) is 27.7 Å². The molecule has 0 rings (SSSR count). The molecule has 0 aliphatic heterocycles. The maximum atomic E-state index is 2.31. The molecule has 0 nitrogen and oxygen atoms in total. The molecule has 0 radical (unpaired) electrons. The van der Waals surface area contributed by atoms with E-state index in [1.54, 1.807) is 0 Å². The smallest absolute Gasteiger partial charge is 0.0572 e. The van der Waals surface area contributed by atoms with Gasteiger partial charge in [-0.05, 0) is 20.4 Å². The van der Waals surface area contributed by atoms with E-state index in [1.807, 2.05) is 0 Å². The third-order valence-corrected chi connectivity index (χ3v) is 3.83. The van der Waals surface area contributed by atoms with E-state index < -0.39 is 0 Å². The molecule has 0 saturated carbocycles. The van der Waals surface area contributed by atoms with E-state index in [0.29, 0.717) is 0 Å². The predicted octanol–water partition coefficient (Wildman–Crippen LogP) is 2.71. The standard InChI is InChI=1S/C8H19P/c1-7(2)5-9-6-8(3)4/h7-9H,5-6H2,1-4H3/p+1. The molecule has 0 heterocycles. The number of hydrogen-bond acceptors (Lipinski definition) is 0. The van der Waals surface area contributed by atoms with Gasteiger partial charge >= 0.3 is 0 Å². The predicted molar refractivity (Wildman–Crippen MR) is 49.1 cm³/mol. The summed E-state index contributed by atoms with van der Waals surface area (Å²) in [4.78, 5) is 0. The summed E-state index contributed by atoms with van der Waals surface area (Å²) in [5.41, 5.74) is 0. The van der Waals surface area contributed by atoms with Gasteiger partial charge in [0, 0.05) is 0 Å². The summed E-state index contributed by atoms with van der Waals surface area (Å²) in [6.07, 6.45) is 2.97. The average molecular weight is 147 g/mol. The molecule has 0 atom stereocenters. The van der Waals surface area contributed by atoms with Gasteiger partial charge in [-0.15, -0.1) is 0 Å². The summed E-state index contributed by atoms with van der Waals surface area (Å²) in [6.45, 7) is 9.25. The Morgan fingerprint density at radius 3 is 1.44 bits per heavy atom. The van der Waals surface area contributed by atoms with Crippen LogP contribution in [-0.2, 0) is 0 Å². The first-order chi connectivity index (χ1) is 4.13. The monoisotopic (exact) mass is 147 g/mol. The van der Waals surface area contributed by atoms with Crippen molar-refractivity contribution < 1.29 is 0 Å². The molecule has 0 amide bonds. The summed E-state index contributed by atoms with van der Waals surface area (Å²) < 4.78 is 0. The van der Waals surface area contributed by atoms with Crippen molar-refractivity contribution >= 4 is 8.58 Å². The first-order valence-electron chi connectivity index (χ1n) is 3.94. The molecule has 0 unspecified atom stereocenters. The lowest BCUT2D eigenvalue weighted by atomic mass is 10.3. The van der Waals surface area contributed by atoms with Crippen LogP contribution in [0.25, 0.3) is 0 Å². The molecular weight excluding hydrogens is 127 g/mol. The fourth-order valence-electron chi connectivity index (χ4n) is 0.763. The van der Waals surface area contributed by atoms with Crippen molar-refractivity contribution in [3.63, 3.8) is 0 Å². The third-order valence-electron chi connectivity index (χ3n) is 1.28. The van der Waals surface area contributed by atoms with Crippen molar-refractivity contribution in [2.24, 2.45) is 11.8 Å². The van der Waals surface area contributed by atoms with E-state index in [0.717, 1.165) is 20.4 Å². The van der Waals surface area contributed by atoms with Crippen LogP contribution < -0.4 is 0 Å². The molecule has 9 heavy (non-hydrogen) atoms. The maximum absolute atomic E-state index is 2.31. The maximum Gasteiger partial charge on any atom is 0.0572 e. The van der Waals surface area contributed by atoms with Crippen LogP contribution in [0.3, 0.4) is 0 Å². The van der Waals surface area contributed by atoms with E-state index in [2.05, 4.69) is 27.7 Å². The lowest BCUT2D eigenvalue weighted by molar-refractivity contribution is 0.725. The van der Waals surface area contributed by atoms with Gasteiger partial charge in [-0.25, -0.2) is 0 Å². The lowest BCUT2D eigenvalue weighted by Gasteiger charge is -2.00. The van der Waals surface area contributed by atoms with Crippen molar-refractivity contribution in [1.29, 1.82) is 0 Å². The van der Waals surface area contributed by atoms with Crippen molar-refractivity contribution in [3.05, 3.63) is 0 Å². The Morgan fingerprint density at radius 1 is 0.889 bits per heavy atom. The highest BCUT2D eigenvalue weighted by Gasteiger charge is 2.01. The molecule has 0 spiro atoms. The Hall–Kier alpha value is 0.430. The van der Waals surface area contributed by atoms with Crippen LogP contribution in [0, 0.1) is 11.8 Å². The summed E-state index contributed by atoms with van der Waals surface area (Å²) >= 11 is 0. The highest BCUT2D eigenvalue weighted by Crippen LogP contribution is 2.17. The van der Waals surface area contributed by atoms with Crippen LogP contribution in [-0.4, -0.2) is 12.3 Å². The zero-order valence-electron chi connectivity index (χ0n) is 7.15. The van der Waals surface area contributed by atoms with Gasteiger partial charge in [0.1, 0.15) is 0 Å². The van der Waals surface area contributed by atoms with Gasteiger partial charge < -0.3 is 0 Å². The van der Waals surface area contributed by atoms with Gasteiger partial charge in [-0.3, -0.25) is 0 Å². The second-order valence-corrected chi connectivity index (χ2v) is 5.07. The molecule has 0 aliphatic rings. The Bertz CT molecular complexity index is 49.6. The van der Waals surface area contributed by atoms with E-state index in [-0.39, 0.29) is 0 Å². The Labute approximate surface area is 61.2 Å². The van der Waals surface area contributed by atoms with Crippen molar-refractivity contribution in [2.45, 2.75) is 27.7 Å². The Balaban J connectivity index is 2.91. The van der Waals surface area contributed by atoms with Crippen LogP contribution in [0.5, 0.6) is 0 Å². The molecule has 0 fully saturated rings. The van der Waals surface area contributed by atoms with Crippen LogP contribution in [0.15, 0.2) is 0 Å². The van der Waals surface area contributed by atoms with Crippen LogP contribution >= 0.6 is 8.58 Å². The SMILES string of the molecule is CC(C)C[PH2+]CC(C)C. The van der Waals surface area contributed by atoms with Gasteiger partial charge in [-0.1, -0.05) is 27.7 Å². The first-order valence-corrected chi connectivity index (χ1v) is 5.58. The van der Waals surface area contributed by atoms with Crippen molar-refractivity contribution in [2.75, 3.05) is 12.3 Å². The zero-order valence-corrected chi connectivity index (χ0v) is 8.30. The van der Waals surface area contributed by atoms with Gasteiger partial charge in [0.25, 0.3) is 0 Å². The van der Waals surface area contributed by atoms with Crippen LogP contribution in [0.4, 0.5) is 0 Å². The quantitative estimate of drug-likeness (QED) is 0.536. The molecule has 0 aromatic heterocycles. The van der Waals surface area contributed by atoms with E-state index in [9.17, 15) is 0 Å². The van der Waals surface area contributed by atoms with Crippen molar-refractivity contribution in [3.8, 4) is 0 Å². The van der Waals surface area contributed by atoms with E-state index >= 15 is 0 Å². The zero-order chi connectivity index (χ0) is 7.28. The molecule has 0 N–H and O–H groups in total. The molecular formula is C8H20P+. The summed E-state index contributed by atoms with van der Waals surface area (Å²) in [7, 11) is 0.755. The molecule has 0 bridgehead atoms. The molecule has 56 valence electrons. The average Bonchev–Trinajstić information content (AvgIpc) is 1.63. The van der Waals surface area contributed by atoms with Gasteiger partial charge in [-0.2, -0.15) is 0 Å². The lowest BCUT2D eigenvalue weighted by Crippen LogP contribution is -1.94. The van der Waals surface area contributed by atoms with Crippen LogP contribution in [0.2, 0.25) is 0 Å². The minimum absolute atomic E-state index is 0.755. The molecule has 0 aromatic rings. The number of rotatable bonds is 4. The Morgan fingerprint density at radius 2 is 1.22 bits per heavy atom. The van der Waals surface area contributed by atoms with E-state index in [4.69, 9.17) is 0 Å². The first kappa shape index (κ1) is 9.43. The summed E-state index contributed by atoms with van der Waals surface area (Å²) in [6, 6.07) is 0. The van der Waals surface area contributed by atoms with Gasteiger partial charge in [0.2, 0.25) is 0 Å². The highest BCUT2D eigenvalue weighted by molar-refractivity contribution is 7.37. The highest BCUT2D eigenvalue weighted by atomic mass is 31.1. The fraction of sp³-hybridized carbons (Fsp3) is 1.00. The topological polar surface area (TPSA) is 0 Å². The van der Waals surface area contributed by atoms with Crippen molar-refractivity contribution in [1.82, 2.24) is 0 Å². The Kier molecular flexibility index (Phi) is 5.48. The normalized spacial score (nSPS) is 11.3. The van der Waals surface area contributed by atoms with Gasteiger partial charge in [0.15, 0.2) is 0 Å². The van der Waals surface area contributed by atoms with Gasteiger partial charge in [0.05, 0.1) is 12.3 Å². The largest absolute Gasteiger partial charge is 0.0593 e. The van der Waals surface area contributed by atoms with E-state index in [1.165, 1.54) is 12.3 Å². The minimum Gasteiger partial charge on any atom is -0.0593 e. The molecule has 0 saturated heterocycles. The minimum atomic E-state index is 0.755. The summed E-state index contributed by atoms with van der Waals surface area (Å²) in [5, 5.41) is 0. The molecule has 1 heteroatoms. The second-order valence-electron chi connectivity index (χ2n) is 3.55. The fourth-order valence-corrected chi connectivity index (χ4v) is 2.29. The third kappa shape index (κ3) is 8.43. The molecule has 0 aromatic carbocycles. The molecule has 0 aliphatic carbocycles. The number of hydrogen-bond donors (Lipinski definition) is 0. The second kappa shape index (κ2) is 5.23. The summed E-state index contributed by atoms with van der Waals surface area (Å²) in [5.74, 6) is 1.86.